The number of amides is 1. The molecule has 0 aromatic heterocycles. The molecule has 140 valence electrons. The van der Waals surface area contributed by atoms with Crippen molar-refractivity contribution in [3.05, 3.63) is 65.2 Å². The van der Waals surface area contributed by atoms with Crippen molar-refractivity contribution in [2.24, 2.45) is 0 Å². The smallest absolute Gasteiger partial charge is 0.241 e. The quantitative estimate of drug-likeness (QED) is 0.722. The molecule has 0 fully saturated rings. The SMILES string of the molecule is CC(CCc1ccccc1)NC(=O)C(C)NS(=O)(=O)c1ccc(Cl)cc1. The van der Waals surface area contributed by atoms with Gasteiger partial charge in [-0.15, -0.1) is 0 Å². The summed E-state index contributed by atoms with van der Waals surface area (Å²) in [5, 5.41) is 3.29. The van der Waals surface area contributed by atoms with Crippen LogP contribution in [0.25, 0.3) is 0 Å². The van der Waals surface area contributed by atoms with Gasteiger partial charge in [0, 0.05) is 11.1 Å². The Hall–Kier alpha value is -1.89. The van der Waals surface area contributed by atoms with Gasteiger partial charge in [0.1, 0.15) is 0 Å². The topological polar surface area (TPSA) is 75.3 Å². The molecule has 2 aromatic carbocycles. The molecule has 0 radical (unpaired) electrons. The number of carbonyl (C=O) groups is 1. The molecule has 2 N–H and O–H groups in total. The van der Waals surface area contributed by atoms with E-state index in [1.165, 1.54) is 36.8 Å². The van der Waals surface area contributed by atoms with Gasteiger partial charge in [0.05, 0.1) is 10.9 Å². The van der Waals surface area contributed by atoms with Crippen molar-refractivity contribution >= 4 is 27.5 Å². The van der Waals surface area contributed by atoms with Crippen molar-refractivity contribution < 1.29 is 13.2 Å². The van der Waals surface area contributed by atoms with Gasteiger partial charge >= 0.3 is 0 Å². The van der Waals surface area contributed by atoms with Gasteiger partial charge in [-0.2, -0.15) is 4.72 Å². The average Bonchev–Trinajstić information content (AvgIpc) is 2.61. The highest BCUT2D eigenvalue weighted by molar-refractivity contribution is 7.89. The van der Waals surface area contributed by atoms with Crippen molar-refractivity contribution in [1.82, 2.24) is 10.0 Å². The molecule has 2 aromatic rings. The predicted octanol–water partition coefficient (Wildman–Crippen LogP) is 3.14. The summed E-state index contributed by atoms with van der Waals surface area (Å²) in [7, 11) is -3.78. The van der Waals surface area contributed by atoms with E-state index in [0.29, 0.717) is 5.02 Å². The minimum absolute atomic E-state index is 0.0646. The monoisotopic (exact) mass is 394 g/mol. The Morgan fingerprint density at radius 1 is 1.04 bits per heavy atom. The fourth-order valence-corrected chi connectivity index (χ4v) is 3.76. The van der Waals surface area contributed by atoms with Gasteiger partial charge in [0.15, 0.2) is 0 Å². The van der Waals surface area contributed by atoms with Crippen LogP contribution in [0.1, 0.15) is 25.8 Å². The maximum absolute atomic E-state index is 12.3. The number of aryl methyl sites for hydroxylation is 1. The van der Waals surface area contributed by atoms with E-state index in [9.17, 15) is 13.2 Å². The highest BCUT2D eigenvalue weighted by atomic mass is 35.5. The summed E-state index contributed by atoms with van der Waals surface area (Å²) in [4.78, 5) is 12.3. The van der Waals surface area contributed by atoms with Crippen LogP contribution in [-0.4, -0.2) is 26.4 Å². The van der Waals surface area contributed by atoms with Crippen LogP contribution in [0.3, 0.4) is 0 Å². The van der Waals surface area contributed by atoms with Crippen molar-refractivity contribution in [2.75, 3.05) is 0 Å². The van der Waals surface area contributed by atoms with Crippen LogP contribution in [0, 0.1) is 0 Å². The van der Waals surface area contributed by atoms with E-state index in [0.717, 1.165) is 12.8 Å². The number of rotatable bonds is 8. The van der Waals surface area contributed by atoms with Crippen LogP contribution in [0.5, 0.6) is 0 Å². The van der Waals surface area contributed by atoms with Crippen LogP contribution >= 0.6 is 11.6 Å². The van der Waals surface area contributed by atoms with E-state index in [1.807, 2.05) is 37.3 Å². The first-order valence-electron chi connectivity index (χ1n) is 8.40. The standard InChI is InChI=1S/C19H23ClN2O3S/c1-14(8-9-16-6-4-3-5-7-16)21-19(23)15(2)22-26(24,25)18-12-10-17(20)11-13-18/h3-7,10-15,22H,8-9H2,1-2H3,(H,21,23). The largest absolute Gasteiger partial charge is 0.352 e. The number of benzene rings is 2. The average molecular weight is 395 g/mol. The molecule has 0 heterocycles. The van der Waals surface area contributed by atoms with Crippen LogP contribution in [-0.2, 0) is 21.2 Å². The molecule has 0 bridgehead atoms. The number of hydrogen-bond donors (Lipinski definition) is 2. The highest BCUT2D eigenvalue weighted by Gasteiger charge is 2.22. The minimum Gasteiger partial charge on any atom is -0.352 e. The van der Waals surface area contributed by atoms with E-state index in [4.69, 9.17) is 11.6 Å². The van der Waals surface area contributed by atoms with Crippen LogP contribution in [0.4, 0.5) is 0 Å². The second-order valence-electron chi connectivity index (χ2n) is 6.23. The summed E-state index contributed by atoms with van der Waals surface area (Å²) in [5.41, 5.74) is 1.20. The van der Waals surface area contributed by atoms with Gasteiger partial charge < -0.3 is 5.32 Å². The molecule has 7 heteroatoms. The Kier molecular flexibility index (Phi) is 7.20. The van der Waals surface area contributed by atoms with Gasteiger partial charge in [0.2, 0.25) is 15.9 Å². The third-order valence-corrected chi connectivity index (χ3v) is 5.76. The zero-order chi connectivity index (χ0) is 19.2. The van der Waals surface area contributed by atoms with Gasteiger partial charge in [0.25, 0.3) is 0 Å². The van der Waals surface area contributed by atoms with Gasteiger partial charge in [-0.3, -0.25) is 4.79 Å². The highest BCUT2D eigenvalue weighted by Crippen LogP contribution is 2.14. The second kappa shape index (κ2) is 9.16. The Morgan fingerprint density at radius 2 is 1.65 bits per heavy atom. The Bertz CT molecular complexity index is 824. The summed E-state index contributed by atoms with van der Waals surface area (Å²) in [6.07, 6.45) is 1.61. The molecule has 2 unspecified atom stereocenters. The first-order valence-corrected chi connectivity index (χ1v) is 10.3. The lowest BCUT2D eigenvalue weighted by Gasteiger charge is -2.18. The fraction of sp³-hybridized carbons (Fsp3) is 0.316. The lowest BCUT2D eigenvalue weighted by Crippen LogP contribution is -2.47. The van der Waals surface area contributed by atoms with Crippen molar-refractivity contribution in [3.63, 3.8) is 0 Å². The molecule has 0 saturated heterocycles. The van der Waals surface area contributed by atoms with Gasteiger partial charge in [-0.1, -0.05) is 41.9 Å². The number of halogens is 1. The zero-order valence-corrected chi connectivity index (χ0v) is 16.3. The number of sulfonamides is 1. The first kappa shape index (κ1) is 20.4. The van der Waals surface area contributed by atoms with E-state index in [1.54, 1.807) is 0 Å². The maximum atomic E-state index is 12.3. The summed E-state index contributed by atoms with van der Waals surface area (Å²) in [5.74, 6) is -0.358. The minimum atomic E-state index is -3.78. The Balaban J connectivity index is 1.87. The summed E-state index contributed by atoms with van der Waals surface area (Å²) >= 11 is 5.77. The third kappa shape index (κ3) is 6.12. The molecule has 0 spiro atoms. The van der Waals surface area contributed by atoms with Gasteiger partial charge in [-0.05, 0) is 56.5 Å². The Labute approximate surface area is 159 Å². The summed E-state index contributed by atoms with van der Waals surface area (Å²) < 4.78 is 27.0. The lowest BCUT2D eigenvalue weighted by molar-refractivity contribution is -0.123. The summed E-state index contributed by atoms with van der Waals surface area (Å²) in [6.45, 7) is 3.42. The van der Waals surface area contributed by atoms with E-state index >= 15 is 0 Å². The molecular weight excluding hydrogens is 372 g/mol. The molecular formula is C19H23ClN2O3S. The summed E-state index contributed by atoms with van der Waals surface area (Å²) in [6, 6.07) is 14.8. The van der Waals surface area contributed by atoms with Crippen LogP contribution in [0.2, 0.25) is 5.02 Å². The van der Waals surface area contributed by atoms with Crippen molar-refractivity contribution in [2.45, 2.75) is 43.7 Å². The van der Waals surface area contributed by atoms with Crippen LogP contribution in [0.15, 0.2) is 59.5 Å². The second-order valence-corrected chi connectivity index (χ2v) is 8.38. The predicted molar refractivity (Wildman–Crippen MR) is 104 cm³/mol. The zero-order valence-electron chi connectivity index (χ0n) is 14.8. The molecule has 1 amide bonds. The molecule has 0 aliphatic carbocycles. The number of nitrogens with one attached hydrogen (secondary N) is 2. The molecule has 5 nitrogen and oxygen atoms in total. The molecule has 2 atom stereocenters. The number of carbonyl (C=O) groups excluding carboxylic acids is 1. The molecule has 0 aliphatic heterocycles. The van der Waals surface area contributed by atoms with E-state index < -0.39 is 16.1 Å². The molecule has 26 heavy (non-hydrogen) atoms. The number of hydrogen-bond acceptors (Lipinski definition) is 3. The van der Waals surface area contributed by atoms with Crippen molar-refractivity contribution in [1.29, 1.82) is 0 Å². The van der Waals surface area contributed by atoms with E-state index in [2.05, 4.69) is 10.0 Å². The maximum Gasteiger partial charge on any atom is 0.241 e. The fourth-order valence-electron chi connectivity index (χ4n) is 2.44. The third-order valence-electron chi connectivity index (χ3n) is 3.95. The lowest BCUT2D eigenvalue weighted by atomic mass is 10.1. The van der Waals surface area contributed by atoms with Crippen LogP contribution < -0.4 is 10.0 Å². The van der Waals surface area contributed by atoms with E-state index in [-0.39, 0.29) is 16.8 Å². The molecule has 2 rings (SSSR count). The van der Waals surface area contributed by atoms with Crippen molar-refractivity contribution in [3.8, 4) is 0 Å². The molecule has 0 saturated carbocycles. The van der Waals surface area contributed by atoms with Gasteiger partial charge in [-0.25, -0.2) is 8.42 Å². The normalized spacial score (nSPS) is 13.8. The Morgan fingerprint density at radius 3 is 2.27 bits per heavy atom. The first-order chi connectivity index (χ1) is 12.3. The molecule has 0 aliphatic rings.